The van der Waals surface area contributed by atoms with E-state index in [1.54, 1.807) is 6.20 Å². The molecule has 1 saturated heterocycles. The number of para-hydroxylation sites is 1. The molecular weight excluding hydrogens is 324 g/mol. The van der Waals surface area contributed by atoms with Gasteiger partial charge in [0, 0.05) is 37.9 Å². The van der Waals surface area contributed by atoms with Crippen molar-refractivity contribution in [2.45, 2.75) is 31.7 Å². The minimum absolute atomic E-state index is 0.0325. The molecule has 2 heterocycles. The number of nitrogens with one attached hydrogen (secondary N) is 1. The van der Waals surface area contributed by atoms with Crippen molar-refractivity contribution in [2.24, 2.45) is 0 Å². The zero-order valence-corrected chi connectivity index (χ0v) is 15.1. The van der Waals surface area contributed by atoms with Gasteiger partial charge in [0.15, 0.2) is 0 Å². The summed E-state index contributed by atoms with van der Waals surface area (Å²) >= 11 is 0. The molecule has 0 bridgehead atoms. The first kappa shape index (κ1) is 16.9. The van der Waals surface area contributed by atoms with Gasteiger partial charge in [-0.05, 0) is 37.1 Å². The van der Waals surface area contributed by atoms with Crippen LogP contribution in [0, 0.1) is 0 Å². The predicted molar refractivity (Wildman–Crippen MR) is 105 cm³/mol. The second-order valence-corrected chi connectivity index (χ2v) is 7.17. The van der Waals surface area contributed by atoms with Crippen molar-refractivity contribution >= 4 is 17.3 Å². The van der Waals surface area contributed by atoms with Crippen LogP contribution < -0.4 is 10.2 Å². The number of carbonyl (C=O) groups is 1. The number of piperazine rings is 1. The van der Waals surface area contributed by atoms with Crippen LogP contribution in [-0.2, 0) is 0 Å². The van der Waals surface area contributed by atoms with Crippen LogP contribution in [0.1, 0.15) is 36.2 Å². The number of hydrogen-bond donors (Lipinski definition) is 1. The van der Waals surface area contributed by atoms with E-state index in [9.17, 15) is 4.79 Å². The Bertz CT molecular complexity index is 717. The Balaban J connectivity index is 1.33. The Kier molecular flexibility index (Phi) is 5.04. The molecule has 26 heavy (non-hydrogen) atoms. The van der Waals surface area contributed by atoms with Gasteiger partial charge in [0.05, 0.1) is 11.9 Å². The summed E-state index contributed by atoms with van der Waals surface area (Å²) < 4.78 is 0. The lowest BCUT2D eigenvalue weighted by Gasteiger charge is -2.36. The quantitative estimate of drug-likeness (QED) is 0.918. The normalized spacial score (nSPS) is 18.2. The van der Waals surface area contributed by atoms with Gasteiger partial charge in [0.1, 0.15) is 5.69 Å². The highest BCUT2D eigenvalue weighted by Gasteiger charge is 2.23. The highest BCUT2D eigenvalue weighted by atomic mass is 16.2. The van der Waals surface area contributed by atoms with Crippen LogP contribution in [0.2, 0.25) is 0 Å². The van der Waals surface area contributed by atoms with E-state index in [1.165, 1.54) is 31.4 Å². The van der Waals surface area contributed by atoms with Gasteiger partial charge < -0.3 is 15.1 Å². The fourth-order valence-electron chi connectivity index (χ4n) is 3.88. The molecule has 4 rings (SSSR count). The molecule has 2 fully saturated rings. The van der Waals surface area contributed by atoms with Gasteiger partial charge in [-0.1, -0.05) is 31.0 Å². The van der Waals surface area contributed by atoms with Crippen LogP contribution in [0.4, 0.5) is 11.4 Å². The smallest absolute Gasteiger partial charge is 0.272 e. The third kappa shape index (κ3) is 3.82. The van der Waals surface area contributed by atoms with Crippen LogP contribution in [0.5, 0.6) is 0 Å². The number of carbonyl (C=O) groups excluding carboxylic acids is 1. The average molecular weight is 350 g/mol. The van der Waals surface area contributed by atoms with E-state index in [0.29, 0.717) is 11.7 Å². The maximum Gasteiger partial charge on any atom is 0.272 e. The molecule has 1 aromatic carbocycles. The van der Waals surface area contributed by atoms with E-state index in [2.05, 4.69) is 39.5 Å². The summed E-state index contributed by atoms with van der Waals surface area (Å²) in [5.41, 5.74) is 2.78. The van der Waals surface area contributed by atoms with Crippen molar-refractivity contribution in [3.8, 4) is 0 Å². The summed E-state index contributed by atoms with van der Waals surface area (Å²) in [7, 11) is 0. The van der Waals surface area contributed by atoms with Crippen LogP contribution in [0.25, 0.3) is 0 Å². The van der Waals surface area contributed by atoms with Gasteiger partial charge in [-0.25, -0.2) is 4.98 Å². The number of hydrogen-bond acceptors (Lipinski definition) is 4. The first-order valence-corrected chi connectivity index (χ1v) is 9.61. The van der Waals surface area contributed by atoms with Crippen molar-refractivity contribution in [1.82, 2.24) is 9.88 Å². The van der Waals surface area contributed by atoms with Gasteiger partial charge in [-0.3, -0.25) is 4.79 Å². The molecule has 1 aromatic heterocycles. The SMILES string of the molecule is O=C(c1ccc(NC2CCCC2)cn1)N1CCN(c2ccccc2)CC1. The predicted octanol–water partition coefficient (Wildman–Crippen LogP) is 3.40. The Hall–Kier alpha value is -2.56. The van der Waals surface area contributed by atoms with E-state index in [-0.39, 0.29) is 5.91 Å². The molecule has 2 aliphatic rings. The third-order valence-corrected chi connectivity index (χ3v) is 5.40. The molecule has 1 saturated carbocycles. The molecule has 5 heteroatoms. The number of rotatable bonds is 4. The van der Waals surface area contributed by atoms with E-state index in [0.717, 1.165) is 31.9 Å². The third-order valence-electron chi connectivity index (χ3n) is 5.40. The van der Waals surface area contributed by atoms with Gasteiger partial charge in [0.25, 0.3) is 5.91 Å². The van der Waals surface area contributed by atoms with Crippen LogP contribution in [0.3, 0.4) is 0 Å². The Morgan fingerprint density at radius 2 is 1.69 bits per heavy atom. The maximum absolute atomic E-state index is 12.7. The minimum atomic E-state index is 0.0325. The summed E-state index contributed by atoms with van der Waals surface area (Å²) in [5.74, 6) is 0.0325. The van der Waals surface area contributed by atoms with Crippen molar-refractivity contribution in [3.05, 3.63) is 54.4 Å². The van der Waals surface area contributed by atoms with Gasteiger partial charge in [-0.15, -0.1) is 0 Å². The van der Waals surface area contributed by atoms with Crippen molar-refractivity contribution < 1.29 is 4.79 Å². The summed E-state index contributed by atoms with van der Waals surface area (Å²) in [5, 5.41) is 3.52. The number of amides is 1. The molecule has 2 aromatic rings. The monoisotopic (exact) mass is 350 g/mol. The van der Waals surface area contributed by atoms with E-state index >= 15 is 0 Å². The molecular formula is C21H26N4O. The highest BCUT2D eigenvalue weighted by molar-refractivity contribution is 5.92. The zero-order chi connectivity index (χ0) is 17.8. The molecule has 0 unspecified atom stereocenters. The second kappa shape index (κ2) is 7.77. The number of aromatic nitrogens is 1. The van der Waals surface area contributed by atoms with Crippen molar-refractivity contribution in [2.75, 3.05) is 36.4 Å². The van der Waals surface area contributed by atoms with Gasteiger partial charge in [0.2, 0.25) is 0 Å². The second-order valence-electron chi connectivity index (χ2n) is 7.17. The fraction of sp³-hybridized carbons (Fsp3) is 0.429. The number of benzene rings is 1. The minimum Gasteiger partial charge on any atom is -0.381 e. The maximum atomic E-state index is 12.7. The molecule has 1 aliphatic carbocycles. The molecule has 5 nitrogen and oxygen atoms in total. The zero-order valence-electron chi connectivity index (χ0n) is 15.1. The Morgan fingerprint density at radius 1 is 0.962 bits per heavy atom. The fourth-order valence-corrected chi connectivity index (χ4v) is 3.88. The van der Waals surface area contributed by atoms with Gasteiger partial charge >= 0.3 is 0 Å². The molecule has 136 valence electrons. The van der Waals surface area contributed by atoms with E-state index in [1.807, 2.05) is 23.1 Å². The number of pyridine rings is 1. The van der Waals surface area contributed by atoms with Crippen LogP contribution >= 0.6 is 0 Å². The summed E-state index contributed by atoms with van der Waals surface area (Å²) in [6.07, 6.45) is 6.86. The van der Waals surface area contributed by atoms with Crippen molar-refractivity contribution in [1.29, 1.82) is 0 Å². The van der Waals surface area contributed by atoms with Crippen LogP contribution in [0.15, 0.2) is 48.7 Å². The van der Waals surface area contributed by atoms with Crippen LogP contribution in [-0.4, -0.2) is 48.0 Å². The first-order chi connectivity index (χ1) is 12.8. The molecule has 0 radical (unpaired) electrons. The number of anilines is 2. The Morgan fingerprint density at radius 3 is 2.35 bits per heavy atom. The summed E-state index contributed by atoms with van der Waals surface area (Å²) in [6, 6.07) is 14.8. The topological polar surface area (TPSA) is 48.5 Å². The largest absolute Gasteiger partial charge is 0.381 e. The molecule has 0 atom stereocenters. The van der Waals surface area contributed by atoms with E-state index in [4.69, 9.17) is 0 Å². The molecule has 0 spiro atoms. The molecule has 1 N–H and O–H groups in total. The lowest BCUT2D eigenvalue weighted by molar-refractivity contribution is 0.0741. The van der Waals surface area contributed by atoms with E-state index < -0.39 is 0 Å². The summed E-state index contributed by atoms with van der Waals surface area (Å²) in [4.78, 5) is 21.4. The first-order valence-electron chi connectivity index (χ1n) is 9.61. The summed E-state index contributed by atoms with van der Waals surface area (Å²) in [6.45, 7) is 3.18. The van der Waals surface area contributed by atoms with Gasteiger partial charge in [-0.2, -0.15) is 0 Å². The average Bonchev–Trinajstić information content (AvgIpc) is 3.22. The Labute approximate surface area is 155 Å². The lowest BCUT2D eigenvalue weighted by atomic mass is 10.2. The number of nitrogens with zero attached hydrogens (tertiary/aromatic N) is 3. The lowest BCUT2D eigenvalue weighted by Crippen LogP contribution is -2.49. The molecule has 1 amide bonds. The molecule has 1 aliphatic heterocycles. The van der Waals surface area contributed by atoms with Crippen molar-refractivity contribution in [3.63, 3.8) is 0 Å². The highest BCUT2D eigenvalue weighted by Crippen LogP contribution is 2.22. The standard InChI is InChI=1S/C21H26N4O/c26-21(20-11-10-18(16-22-20)23-17-6-4-5-7-17)25-14-12-24(13-15-25)19-8-2-1-3-9-19/h1-3,8-11,16-17,23H,4-7,12-15H2.